The summed E-state index contributed by atoms with van der Waals surface area (Å²) in [7, 11) is 0. The Morgan fingerprint density at radius 3 is 2.65 bits per heavy atom. The summed E-state index contributed by atoms with van der Waals surface area (Å²) in [5.41, 5.74) is 1.53. The molecule has 0 unspecified atom stereocenters. The fraction of sp³-hybridized carbons (Fsp3) is 0.167. The maximum absolute atomic E-state index is 12.7. The number of halogens is 2. The van der Waals surface area contributed by atoms with Crippen LogP contribution in [0, 0.1) is 16.3 Å². The monoisotopic (exact) mass is 344 g/mol. The lowest BCUT2D eigenvalue weighted by Gasteiger charge is -2.06. The van der Waals surface area contributed by atoms with Crippen LogP contribution in [-0.4, -0.2) is 9.55 Å². The summed E-state index contributed by atoms with van der Waals surface area (Å²) in [6.07, 6.45) is 1.52. The van der Waals surface area contributed by atoms with Gasteiger partial charge in [0.15, 0.2) is 0 Å². The Bertz CT molecular complexity index is 592. The lowest BCUT2D eigenvalue weighted by molar-refractivity contribution is 0.625. The molecule has 0 saturated heterocycles. The zero-order valence-electron chi connectivity index (χ0n) is 9.15. The molecule has 1 aromatic heterocycles. The van der Waals surface area contributed by atoms with Gasteiger partial charge in [-0.05, 0) is 47.2 Å². The summed E-state index contributed by atoms with van der Waals surface area (Å²) in [5.74, 6) is -0.280. The van der Waals surface area contributed by atoms with Gasteiger partial charge in [-0.15, -0.1) is 0 Å². The van der Waals surface area contributed by atoms with Gasteiger partial charge in [0.25, 0.3) is 5.56 Å². The van der Waals surface area contributed by atoms with Crippen molar-refractivity contribution in [3.8, 4) is 0 Å². The van der Waals surface area contributed by atoms with Gasteiger partial charge in [-0.3, -0.25) is 9.36 Å². The standard InChI is InChI=1S/C12H10FIN2O/c1-8-11(14)12(17)16(7-15-8)6-9-2-4-10(13)5-3-9/h2-5,7H,6H2,1H3. The van der Waals surface area contributed by atoms with Gasteiger partial charge in [0, 0.05) is 0 Å². The fourth-order valence-electron chi connectivity index (χ4n) is 1.45. The second-order valence-electron chi connectivity index (χ2n) is 3.70. The van der Waals surface area contributed by atoms with Gasteiger partial charge in [0.05, 0.1) is 22.1 Å². The predicted octanol–water partition coefficient (Wildman–Crippen LogP) is 2.34. The van der Waals surface area contributed by atoms with Gasteiger partial charge < -0.3 is 0 Å². The zero-order valence-corrected chi connectivity index (χ0v) is 11.3. The molecule has 0 aliphatic heterocycles. The zero-order chi connectivity index (χ0) is 12.4. The van der Waals surface area contributed by atoms with E-state index in [0.29, 0.717) is 10.1 Å². The number of aromatic nitrogens is 2. The van der Waals surface area contributed by atoms with Crippen LogP contribution in [0.15, 0.2) is 35.4 Å². The van der Waals surface area contributed by atoms with Gasteiger partial charge in [-0.25, -0.2) is 9.37 Å². The van der Waals surface area contributed by atoms with E-state index in [4.69, 9.17) is 0 Å². The SMILES string of the molecule is Cc1ncn(Cc2ccc(F)cc2)c(=O)c1I. The maximum atomic E-state index is 12.7. The van der Waals surface area contributed by atoms with E-state index in [1.54, 1.807) is 19.1 Å². The molecule has 0 bridgehead atoms. The highest BCUT2D eigenvalue weighted by atomic mass is 127. The molecule has 0 spiro atoms. The molecule has 0 amide bonds. The van der Waals surface area contributed by atoms with E-state index in [-0.39, 0.29) is 11.4 Å². The minimum Gasteiger partial charge on any atom is -0.294 e. The van der Waals surface area contributed by atoms with E-state index in [9.17, 15) is 9.18 Å². The molecule has 1 aromatic carbocycles. The van der Waals surface area contributed by atoms with Gasteiger partial charge in [-0.2, -0.15) is 0 Å². The van der Waals surface area contributed by atoms with Crippen LogP contribution in [-0.2, 0) is 6.54 Å². The predicted molar refractivity (Wildman–Crippen MR) is 71.5 cm³/mol. The Kier molecular flexibility index (Phi) is 3.56. The van der Waals surface area contributed by atoms with Gasteiger partial charge in [0.1, 0.15) is 5.82 Å². The van der Waals surface area contributed by atoms with Gasteiger partial charge >= 0.3 is 0 Å². The number of hydrogen-bond donors (Lipinski definition) is 0. The smallest absolute Gasteiger partial charge is 0.267 e. The Labute approximate surface area is 111 Å². The average molecular weight is 344 g/mol. The van der Waals surface area contributed by atoms with Gasteiger partial charge in [-0.1, -0.05) is 12.1 Å². The highest BCUT2D eigenvalue weighted by Crippen LogP contribution is 2.06. The summed E-state index contributed by atoms with van der Waals surface area (Å²) in [5, 5.41) is 0. The molecule has 3 nitrogen and oxygen atoms in total. The molecule has 0 atom stereocenters. The molecule has 17 heavy (non-hydrogen) atoms. The van der Waals surface area contributed by atoms with Crippen LogP contribution in [0.2, 0.25) is 0 Å². The molecule has 2 rings (SSSR count). The molecule has 0 aliphatic rings. The van der Waals surface area contributed by atoms with Crippen LogP contribution in [0.25, 0.3) is 0 Å². The lowest BCUT2D eigenvalue weighted by atomic mass is 10.2. The van der Waals surface area contributed by atoms with E-state index in [2.05, 4.69) is 4.98 Å². The Morgan fingerprint density at radius 2 is 2.00 bits per heavy atom. The molecule has 5 heteroatoms. The Hall–Kier alpha value is -1.24. The molecule has 0 fully saturated rings. The third-order valence-corrected chi connectivity index (χ3v) is 3.67. The molecule has 0 radical (unpaired) electrons. The van der Waals surface area contributed by atoms with E-state index < -0.39 is 0 Å². The topological polar surface area (TPSA) is 34.9 Å². The van der Waals surface area contributed by atoms with Gasteiger partial charge in [0.2, 0.25) is 0 Å². The van der Waals surface area contributed by atoms with Crippen molar-refractivity contribution in [3.05, 3.63) is 61.6 Å². The molecule has 0 N–H and O–H groups in total. The largest absolute Gasteiger partial charge is 0.294 e. The highest BCUT2D eigenvalue weighted by molar-refractivity contribution is 14.1. The second-order valence-corrected chi connectivity index (χ2v) is 4.78. The first kappa shape index (κ1) is 12.2. The Balaban J connectivity index is 2.34. The van der Waals surface area contributed by atoms with E-state index in [1.165, 1.54) is 23.0 Å². The summed E-state index contributed by atoms with van der Waals surface area (Å²) in [6, 6.07) is 6.09. The molecule has 88 valence electrons. The first-order chi connectivity index (χ1) is 8.08. The third kappa shape index (κ3) is 2.71. The van der Waals surface area contributed by atoms with Crippen LogP contribution >= 0.6 is 22.6 Å². The minimum atomic E-state index is -0.280. The summed E-state index contributed by atoms with van der Waals surface area (Å²) < 4.78 is 14.9. The lowest BCUT2D eigenvalue weighted by Crippen LogP contribution is -2.24. The summed E-state index contributed by atoms with van der Waals surface area (Å²) >= 11 is 1.99. The Morgan fingerprint density at radius 1 is 1.35 bits per heavy atom. The van der Waals surface area contributed by atoms with Crippen molar-refractivity contribution >= 4 is 22.6 Å². The van der Waals surface area contributed by atoms with Crippen molar-refractivity contribution in [2.24, 2.45) is 0 Å². The molecular weight excluding hydrogens is 334 g/mol. The molecule has 0 aliphatic carbocycles. The van der Waals surface area contributed by atoms with E-state index >= 15 is 0 Å². The van der Waals surface area contributed by atoms with Crippen molar-refractivity contribution in [2.75, 3.05) is 0 Å². The first-order valence-electron chi connectivity index (χ1n) is 5.04. The van der Waals surface area contributed by atoms with Crippen molar-refractivity contribution < 1.29 is 4.39 Å². The first-order valence-corrected chi connectivity index (χ1v) is 6.12. The maximum Gasteiger partial charge on any atom is 0.267 e. The summed E-state index contributed by atoms with van der Waals surface area (Å²) in [4.78, 5) is 16.0. The van der Waals surface area contributed by atoms with Crippen molar-refractivity contribution in [1.29, 1.82) is 0 Å². The molecular formula is C12H10FIN2O. The van der Waals surface area contributed by atoms with E-state index in [1.807, 2.05) is 22.6 Å². The van der Waals surface area contributed by atoms with Crippen molar-refractivity contribution in [2.45, 2.75) is 13.5 Å². The number of hydrogen-bond acceptors (Lipinski definition) is 2. The van der Waals surface area contributed by atoms with Crippen LogP contribution in [0.1, 0.15) is 11.3 Å². The summed E-state index contributed by atoms with van der Waals surface area (Å²) in [6.45, 7) is 2.20. The van der Waals surface area contributed by atoms with Crippen molar-refractivity contribution in [1.82, 2.24) is 9.55 Å². The average Bonchev–Trinajstić information content (AvgIpc) is 2.33. The van der Waals surface area contributed by atoms with E-state index in [0.717, 1.165) is 11.3 Å². The molecule has 2 aromatic rings. The van der Waals surface area contributed by atoms with Crippen molar-refractivity contribution in [3.63, 3.8) is 0 Å². The third-order valence-electron chi connectivity index (χ3n) is 2.42. The van der Waals surface area contributed by atoms with Crippen LogP contribution in [0.4, 0.5) is 4.39 Å². The van der Waals surface area contributed by atoms with Crippen LogP contribution in [0.3, 0.4) is 0 Å². The quantitative estimate of drug-likeness (QED) is 0.784. The normalized spacial score (nSPS) is 10.5. The molecule has 1 heterocycles. The molecule has 0 saturated carbocycles. The number of rotatable bonds is 2. The fourth-order valence-corrected chi connectivity index (χ4v) is 1.89. The minimum absolute atomic E-state index is 0.0672. The highest BCUT2D eigenvalue weighted by Gasteiger charge is 2.05. The van der Waals surface area contributed by atoms with Crippen LogP contribution < -0.4 is 5.56 Å². The van der Waals surface area contributed by atoms with Crippen LogP contribution in [0.5, 0.6) is 0 Å². The second kappa shape index (κ2) is 4.95. The number of aryl methyl sites for hydroxylation is 1. The number of nitrogens with zero attached hydrogens (tertiary/aromatic N) is 2. The number of benzene rings is 1.